The molecule has 130 valence electrons. The maximum Gasteiger partial charge on any atom is 0.228 e. The molecule has 1 unspecified atom stereocenters. The lowest BCUT2D eigenvalue weighted by Gasteiger charge is -2.23. The van der Waals surface area contributed by atoms with Gasteiger partial charge in [-0.3, -0.25) is 9.59 Å². The summed E-state index contributed by atoms with van der Waals surface area (Å²) < 4.78 is 0. The van der Waals surface area contributed by atoms with E-state index in [0.717, 1.165) is 56.7 Å². The Morgan fingerprint density at radius 3 is 2.79 bits per heavy atom. The Balaban J connectivity index is 0.00000169. The van der Waals surface area contributed by atoms with Crippen LogP contribution in [0.3, 0.4) is 0 Å². The minimum absolute atomic E-state index is 0. The monoisotopic (exact) mass is 349 g/mol. The van der Waals surface area contributed by atoms with Crippen LogP contribution in [0.5, 0.6) is 0 Å². The van der Waals surface area contributed by atoms with Gasteiger partial charge in [0.25, 0.3) is 0 Å². The van der Waals surface area contributed by atoms with Crippen LogP contribution in [-0.4, -0.2) is 31.4 Å². The molecule has 24 heavy (non-hydrogen) atoms. The third kappa shape index (κ3) is 3.15. The number of amides is 2. The van der Waals surface area contributed by atoms with Gasteiger partial charge in [-0.05, 0) is 62.4 Å². The number of hydrogen-bond acceptors (Lipinski definition) is 3. The largest absolute Gasteiger partial charge is 0.326 e. The molecule has 2 saturated heterocycles. The molecule has 2 aliphatic heterocycles. The van der Waals surface area contributed by atoms with Crippen molar-refractivity contribution in [3.63, 3.8) is 0 Å². The summed E-state index contributed by atoms with van der Waals surface area (Å²) in [5.74, 6) is 0.461. The molecule has 6 heteroatoms. The maximum atomic E-state index is 12.5. The topological polar surface area (TPSA) is 61.4 Å². The van der Waals surface area contributed by atoms with Crippen LogP contribution >= 0.6 is 12.4 Å². The number of carbonyl (C=O) groups excluding carboxylic acids is 2. The van der Waals surface area contributed by atoms with E-state index in [9.17, 15) is 9.59 Å². The van der Waals surface area contributed by atoms with Crippen LogP contribution in [-0.2, 0) is 9.59 Å². The number of halogens is 1. The van der Waals surface area contributed by atoms with E-state index in [-0.39, 0.29) is 35.6 Å². The number of benzene rings is 1. The summed E-state index contributed by atoms with van der Waals surface area (Å²) in [5.41, 5.74) is 1.93. The Bertz CT molecular complexity index is 643. The average Bonchev–Trinajstić information content (AvgIpc) is 3.07. The van der Waals surface area contributed by atoms with Gasteiger partial charge in [0.15, 0.2) is 0 Å². The molecule has 1 aromatic carbocycles. The quantitative estimate of drug-likeness (QED) is 0.881. The third-order valence-corrected chi connectivity index (χ3v) is 5.60. The van der Waals surface area contributed by atoms with Crippen LogP contribution in [0.4, 0.5) is 11.4 Å². The van der Waals surface area contributed by atoms with E-state index in [2.05, 4.69) is 10.6 Å². The van der Waals surface area contributed by atoms with Gasteiger partial charge in [-0.2, -0.15) is 0 Å². The molecule has 4 rings (SSSR count). The zero-order valence-electron chi connectivity index (χ0n) is 13.7. The first kappa shape index (κ1) is 17.2. The van der Waals surface area contributed by atoms with Gasteiger partial charge in [-0.1, -0.05) is 6.07 Å². The number of nitrogens with zero attached hydrogens (tertiary/aromatic N) is 1. The molecule has 1 aliphatic carbocycles. The highest BCUT2D eigenvalue weighted by Gasteiger charge is 2.57. The standard InChI is InChI=1S/C18H23N3O2.ClH/c22-16-5-2-10-21(16)14-4-1-3-13(11-14)20-17(23)15-12-18(15)6-8-19-9-7-18;/h1,3-4,11,15,19H,2,5-10,12H2,(H,20,23);1H. The highest BCUT2D eigenvalue weighted by molar-refractivity contribution is 5.98. The third-order valence-electron chi connectivity index (χ3n) is 5.60. The molecular formula is C18H24ClN3O2. The first-order chi connectivity index (χ1) is 11.2. The van der Waals surface area contributed by atoms with Gasteiger partial charge in [0.05, 0.1) is 0 Å². The summed E-state index contributed by atoms with van der Waals surface area (Å²) in [4.78, 5) is 26.2. The number of nitrogens with one attached hydrogen (secondary N) is 2. The number of hydrogen-bond donors (Lipinski definition) is 2. The highest BCUT2D eigenvalue weighted by Crippen LogP contribution is 2.58. The van der Waals surface area contributed by atoms with Crippen LogP contribution in [0.2, 0.25) is 0 Å². The lowest BCUT2D eigenvalue weighted by molar-refractivity contribution is -0.118. The predicted octanol–water partition coefficient (Wildman–Crippen LogP) is 2.56. The fourth-order valence-electron chi connectivity index (χ4n) is 4.10. The van der Waals surface area contributed by atoms with Gasteiger partial charge in [0, 0.05) is 30.3 Å². The summed E-state index contributed by atoms with van der Waals surface area (Å²) in [6, 6.07) is 7.66. The van der Waals surface area contributed by atoms with Crippen molar-refractivity contribution in [1.29, 1.82) is 0 Å². The summed E-state index contributed by atoms with van der Waals surface area (Å²) in [5, 5.41) is 6.42. The molecule has 1 aromatic rings. The second kappa shape index (κ2) is 6.73. The Morgan fingerprint density at radius 1 is 1.29 bits per heavy atom. The smallest absolute Gasteiger partial charge is 0.228 e. The first-order valence-electron chi connectivity index (χ1n) is 8.60. The van der Waals surface area contributed by atoms with E-state index in [4.69, 9.17) is 0 Å². The molecule has 3 aliphatic rings. The molecule has 2 N–H and O–H groups in total. The van der Waals surface area contributed by atoms with Crippen molar-refractivity contribution in [2.45, 2.75) is 32.1 Å². The van der Waals surface area contributed by atoms with Crippen molar-refractivity contribution in [1.82, 2.24) is 5.32 Å². The van der Waals surface area contributed by atoms with E-state index in [1.54, 1.807) is 4.90 Å². The van der Waals surface area contributed by atoms with Gasteiger partial charge >= 0.3 is 0 Å². The van der Waals surface area contributed by atoms with Gasteiger partial charge in [0.2, 0.25) is 11.8 Å². The van der Waals surface area contributed by atoms with E-state index in [1.807, 2.05) is 24.3 Å². The summed E-state index contributed by atoms with van der Waals surface area (Å²) >= 11 is 0. The summed E-state index contributed by atoms with van der Waals surface area (Å²) in [7, 11) is 0. The number of carbonyl (C=O) groups is 2. The Morgan fingerprint density at radius 2 is 2.08 bits per heavy atom. The molecule has 0 aromatic heterocycles. The second-order valence-corrected chi connectivity index (χ2v) is 7.06. The fraction of sp³-hybridized carbons (Fsp3) is 0.556. The molecular weight excluding hydrogens is 326 g/mol. The van der Waals surface area contributed by atoms with E-state index < -0.39 is 0 Å². The summed E-state index contributed by atoms with van der Waals surface area (Å²) in [6.07, 6.45) is 4.76. The van der Waals surface area contributed by atoms with Crippen molar-refractivity contribution in [3.8, 4) is 0 Å². The normalized spacial score (nSPS) is 24.6. The van der Waals surface area contributed by atoms with E-state index in [1.165, 1.54) is 0 Å². The highest BCUT2D eigenvalue weighted by atomic mass is 35.5. The van der Waals surface area contributed by atoms with Gasteiger partial charge in [-0.15, -0.1) is 12.4 Å². The average molecular weight is 350 g/mol. The van der Waals surface area contributed by atoms with Crippen molar-refractivity contribution >= 4 is 35.6 Å². The SMILES string of the molecule is Cl.O=C(Nc1cccc(N2CCCC2=O)c1)C1CC12CCNCC2. The Hall–Kier alpha value is -1.59. The van der Waals surface area contributed by atoms with Crippen LogP contribution in [0.25, 0.3) is 0 Å². The molecule has 3 fully saturated rings. The Kier molecular flexibility index (Phi) is 4.83. The Labute approximate surface area is 148 Å². The lowest BCUT2D eigenvalue weighted by Crippen LogP contribution is -2.31. The molecule has 2 amide bonds. The minimum atomic E-state index is 0. The number of anilines is 2. The first-order valence-corrected chi connectivity index (χ1v) is 8.60. The lowest BCUT2D eigenvalue weighted by atomic mass is 9.92. The van der Waals surface area contributed by atoms with Crippen molar-refractivity contribution < 1.29 is 9.59 Å². The number of piperidine rings is 1. The van der Waals surface area contributed by atoms with E-state index in [0.29, 0.717) is 6.42 Å². The minimum Gasteiger partial charge on any atom is -0.326 e. The zero-order valence-corrected chi connectivity index (χ0v) is 14.5. The molecule has 5 nitrogen and oxygen atoms in total. The molecule has 0 radical (unpaired) electrons. The van der Waals surface area contributed by atoms with Gasteiger partial charge in [-0.25, -0.2) is 0 Å². The zero-order chi connectivity index (χ0) is 15.9. The van der Waals surface area contributed by atoms with Crippen molar-refractivity contribution in [3.05, 3.63) is 24.3 Å². The molecule has 1 atom stereocenters. The summed E-state index contributed by atoms with van der Waals surface area (Å²) in [6.45, 7) is 2.82. The molecule has 2 heterocycles. The van der Waals surface area contributed by atoms with Gasteiger partial charge in [0.1, 0.15) is 0 Å². The van der Waals surface area contributed by atoms with E-state index >= 15 is 0 Å². The molecule has 1 saturated carbocycles. The van der Waals surface area contributed by atoms with Crippen LogP contribution in [0.15, 0.2) is 24.3 Å². The predicted molar refractivity (Wildman–Crippen MR) is 96.6 cm³/mol. The van der Waals surface area contributed by atoms with Gasteiger partial charge < -0.3 is 15.5 Å². The van der Waals surface area contributed by atoms with Crippen LogP contribution < -0.4 is 15.5 Å². The molecule has 1 spiro atoms. The maximum absolute atomic E-state index is 12.5. The fourth-order valence-corrected chi connectivity index (χ4v) is 4.10. The number of rotatable bonds is 3. The molecule has 0 bridgehead atoms. The van der Waals surface area contributed by atoms with Crippen LogP contribution in [0, 0.1) is 11.3 Å². The van der Waals surface area contributed by atoms with Crippen molar-refractivity contribution in [2.24, 2.45) is 11.3 Å². The van der Waals surface area contributed by atoms with Crippen molar-refractivity contribution in [2.75, 3.05) is 29.9 Å². The van der Waals surface area contributed by atoms with Crippen LogP contribution in [0.1, 0.15) is 32.1 Å². The second-order valence-electron chi connectivity index (χ2n) is 7.06.